The number of aliphatic hydroxyl groups excluding tert-OH is 1. The number of nitro groups is 1. The first-order chi connectivity index (χ1) is 12.1. The number of nitrogens with one attached hydrogen (secondary N) is 2. The zero-order valence-electron chi connectivity index (χ0n) is 14.5. The molecule has 8 heteroatoms. The van der Waals surface area contributed by atoms with Crippen molar-refractivity contribution >= 4 is 0 Å². The van der Waals surface area contributed by atoms with Gasteiger partial charge >= 0.3 is 0 Å². The van der Waals surface area contributed by atoms with E-state index >= 15 is 0 Å². The Morgan fingerprint density at radius 3 is 3.08 bits per heavy atom. The monoisotopic (exact) mass is 350 g/mol. The molecule has 1 aromatic rings. The summed E-state index contributed by atoms with van der Waals surface area (Å²) in [6.07, 6.45) is 2.25. The van der Waals surface area contributed by atoms with Crippen molar-refractivity contribution in [3.63, 3.8) is 0 Å². The zero-order valence-corrected chi connectivity index (χ0v) is 14.5. The Bertz CT molecular complexity index is 594. The molecule has 1 atom stereocenters. The minimum Gasteiger partial charge on any atom is -0.494 e. The molecule has 1 aliphatic heterocycles. The molecule has 0 saturated carbocycles. The van der Waals surface area contributed by atoms with E-state index in [2.05, 4.69) is 21.6 Å². The van der Waals surface area contributed by atoms with Gasteiger partial charge in [-0.2, -0.15) is 0 Å². The minimum absolute atomic E-state index is 0.209. The number of likely N-dealkylation sites (tertiary alicyclic amines) is 1. The lowest BCUT2D eigenvalue weighted by Gasteiger charge is -2.15. The van der Waals surface area contributed by atoms with E-state index in [1.807, 2.05) is 18.2 Å². The van der Waals surface area contributed by atoms with Crippen molar-refractivity contribution in [2.75, 3.05) is 33.3 Å². The molecule has 1 heterocycles. The summed E-state index contributed by atoms with van der Waals surface area (Å²) in [5, 5.41) is 25.7. The summed E-state index contributed by atoms with van der Waals surface area (Å²) in [4.78, 5) is 12.2. The van der Waals surface area contributed by atoms with Gasteiger partial charge in [-0.1, -0.05) is 12.1 Å². The van der Waals surface area contributed by atoms with E-state index < -0.39 is 4.92 Å². The lowest BCUT2D eigenvalue weighted by Crippen LogP contribution is -2.26. The summed E-state index contributed by atoms with van der Waals surface area (Å²) >= 11 is 0. The largest absolute Gasteiger partial charge is 0.494 e. The van der Waals surface area contributed by atoms with Gasteiger partial charge in [-0.05, 0) is 30.5 Å². The highest BCUT2D eigenvalue weighted by atomic mass is 16.6. The van der Waals surface area contributed by atoms with Gasteiger partial charge in [0.05, 0.1) is 17.6 Å². The van der Waals surface area contributed by atoms with Crippen LogP contribution in [-0.2, 0) is 6.54 Å². The predicted octanol–water partition coefficient (Wildman–Crippen LogP) is 0.907. The van der Waals surface area contributed by atoms with Crippen molar-refractivity contribution < 1.29 is 14.8 Å². The van der Waals surface area contributed by atoms with Gasteiger partial charge < -0.3 is 20.5 Å². The van der Waals surface area contributed by atoms with Gasteiger partial charge in [-0.25, -0.2) is 0 Å². The van der Waals surface area contributed by atoms with Gasteiger partial charge in [0.1, 0.15) is 5.75 Å². The van der Waals surface area contributed by atoms with Crippen molar-refractivity contribution in [2.45, 2.75) is 25.5 Å². The van der Waals surface area contributed by atoms with Gasteiger partial charge in [0.2, 0.25) is 0 Å². The first kappa shape index (κ1) is 19.0. The molecule has 1 fully saturated rings. The van der Waals surface area contributed by atoms with E-state index in [0.29, 0.717) is 19.0 Å². The van der Waals surface area contributed by atoms with Crippen LogP contribution in [0.15, 0.2) is 36.3 Å². The topological polar surface area (TPSA) is 99.9 Å². The first-order valence-corrected chi connectivity index (χ1v) is 8.46. The molecule has 1 unspecified atom stereocenters. The molecular formula is C17H26N4O4. The highest BCUT2D eigenvalue weighted by molar-refractivity contribution is 5.28. The highest BCUT2D eigenvalue weighted by Gasteiger charge is 2.19. The van der Waals surface area contributed by atoms with Crippen LogP contribution in [0.3, 0.4) is 0 Å². The van der Waals surface area contributed by atoms with E-state index in [-0.39, 0.29) is 6.10 Å². The molecule has 138 valence electrons. The molecule has 1 saturated heterocycles. The maximum absolute atomic E-state index is 10.4. The average molecular weight is 350 g/mol. The van der Waals surface area contributed by atoms with E-state index in [9.17, 15) is 15.2 Å². The van der Waals surface area contributed by atoms with Crippen molar-refractivity contribution in [1.29, 1.82) is 0 Å². The number of nitrogens with zero attached hydrogens (tertiary/aromatic N) is 2. The molecule has 8 nitrogen and oxygen atoms in total. The van der Waals surface area contributed by atoms with Gasteiger partial charge in [-0.15, -0.1) is 0 Å². The van der Waals surface area contributed by atoms with Crippen LogP contribution in [0.4, 0.5) is 0 Å². The Hall–Kier alpha value is -2.32. The molecule has 25 heavy (non-hydrogen) atoms. The summed E-state index contributed by atoms with van der Waals surface area (Å²) in [5.41, 5.74) is 1.16. The second kappa shape index (κ2) is 9.85. The number of benzene rings is 1. The number of ether oxygens (including phenoxy) is 1. The molecule has 0 aliphatic carbocycles. The van der Waals surface area contributed by atoms with Crippen molar-refractivity contribution in [3.8, 4) is 5.75 Å². The molecule has 2 rings (SSSR count). The van der Waals surface area contributed by atoms with Crippen LogP contribution in [0, 0.1) is 10.1 Å². The van der Waals surface area contributed by atoms with Crippen molar-refractivity contribution in [1.82, 2.24) is 15.5 Å². The van der Waals surface area contributed by atoms with E-state index in [1.165, 1.54) is 0 Å². The van der Waals surface area contributed by atoms with Crippen LogP contribution in [0.25, 0.3) is 0 Å². The summed E-state index contributed by atoms with van der Waals surface area (Å²) in [6, 6.07) is 7.96. The minimum atomic E-state index is -0.500. The van der Waals surface area contributed by atoms with Gasteiger partial charge in [0.15, 0.2) is 5.82 Å². The second-order valence-corrected chi connectivity index (χ2v) is 6.03. The maximum Gasteiger partial charge on any atom is 0.274 e. The molecule has 1 aliphatic rings. The van der Waals surface area contributed by atoms with Gasteiger partial charge in [0, 0.05) is 33.2 Å². The number of hydrogen-bond donors (Lipinski definition) is 3. The van der Waals surface area contributed by atoms with Crippen LogP contribution < -0.4 is 15.4 Å². The predicted molar refractivity (Wildman–Crippen MR) is 94.6 cm³/mol. The van der Waals surface area contributed by atoms with E-state index in [4.69, 9.17) is 4.74 Å². The molecule has 0 amide bonds. The smallest absolute Gasteiger partial charge is 0.274 e. The summed E-state index contributed by atoms with van der Waals surface area (Å²) in [7, 11) is 1.63. The van der Waals surface area contributed by atoms with Crippen LogP contribution in [-0.4, -0.2) is 54.3 Å². The third-order valence-corrected chi connectivity index (χ3v) is 3.96. The second-order valence-electron chi connectivity index (χ2n) is 6.03. The molecule has 0 aromatic heterocycles. The fraction of sp³-hybridized carbons (Fsp3) is 0.529. The fourth-order valence-electron chi connectivity index (χ4n) is 2.74. The quantitative estimate of drug-likeness (QED) is 0.328. The van der Waals surface area contributed by atoms with E-state index in [1.54, 1.807) is 7.05 Å². The Kier molecular flexibility index (Phi) is 7.49. The third-order valence-electron chi connectivity index (χ3n) is 3.96. The maximum atomic E-state index is 10.4. The standard InChI is InChI=1S/C17H26N4O4/c1-18-17(13-21(23)24)19-7-3-9-25-16-5-2-4-14(10-16)11-20-8-6-15(22)12-20/h2,4-5,10,13,15,18-19,22H,3,6-9,11-12H2,1H3. The van der Waals surface area contributed by atoms with Crippen LogP contribution in [0.5, 0.6) is 5.75 Å². The van der Waals surface area contributed by atoms with Crippen LogP contribution in [0.1, 0.15) is 18.4 Å². The number of aliphatic hydroxyl groups is 1. The lowest BCUT2D eigenvalue weighted by molar-refractivity contribution is -0.404. The summed E-state index contributed by atoms with van der Waals surface area (Å²) in [6.45, 7) is 3.55. The van der Waals surface area contributed by atoms with Crippen LogP contribution >= 0.6 is 0 Å². The van der Waals surface area contributed by atoms with Crippen molar-refractivity contribution in [3.05, 3.63) is 52.0 Å². The number of rotatable bonds is 10. The fourth-order valence-corrected chi connectivity index (χ4v) is 2.74. The summed E-state index contributed by atoms with van der Waals surface area (Å²) in [5.74, 6) is 1.19. The Balaban J connectivity index is 1.70. The van der Waals surface area contributed by atoms with Gasteiger partial charge in [0.25, 0.3) is 6.20 Å². The normalized spacial score (nSPS) is 18.2. The molecule has 0 bridgehead atoms. The third kappa shape index (κ3) is 6.98. The lowest BCUT2D eigenvalue weighted by atomic mass is 10.2. The molecule has 0 radical (unpaired) electrons. The summed E-state index contributed by atoms with van der Waals surface area (Å²) < 4.78 is 5.75. The van der Waals surface area contributed by atoms with Gasteiger partial charge in [-0.3, -0.25) is 15.0 Å². The van der Waals surface area contributed by atoms with E-state index in [0.717, 1.165) is 50.0 Å². The molecule has 0 spiro atoms. The molecular weight excluding hydrogens is 324 g/mol. The zero-order chi connectivity index (χ0) is 18.1. The SMILES string of the molecule is CNC(=C[N+](=O)[O-])NCCCOc1cccc(CN2CCC(O)C2)c1. The average Bonchev–Trinajstić information content (AvgIpc) is 2.98. The Labute approximate surface area is 147 Å². The van der Waals surface area contributed by atoms with Crippen LogP contribution in [0.2, 0.25) is 0 Å². The molecule has 3 N–H and O–H groups in total. The first-order valence-electron chi connectivity index (χ1n) is 8.46. The number of hydrogen-bond acceptors (Lipinski definition) is 7. The van der Waals surface area contributed by atoms with Crippen molar-refractivity contribution in [2.24, 2.45) is 0 Å². The molecule has 1 aromatic carbocycles. The Morgan fingerprint density at radius 1 is 1.56 bits per heavy atom. The highest BCUT2D eigenvalue weighted by Crippen LogP contribution is 2.18. The Morgan fingerprint density at radius 2 is 2.40 bits per heavy atom. The number of β-amino-alcohol motifs (C(OH)–C–C–N with tert-alkyl or cyclic N) is 1.